The summed E-state index contributed by atoms with van der Waals surface area (Å²) in [6.45, 7) is 5.27. The number of nitrogens with zero attached hydrogens (tertiary/aromatic N) is 3. The number of hydrogen-bond donors (Lipinski definition) is 0. The van der Waals surface area contributed by atoms with E-state index in [4.69, 9.17) is 0 Å². The average Bonchev–Trinajstić information content (AvgIpc) is 2.95. The van der Waals surface area contributed by atoms with Crippen molar-refractivity contribution >= 4 is 29.1 Å². The molecule has 1 aliphatic heterocycles. The summed E-state index contributed by atoms with van der Waals surface area (Å²) in [5.41, 5.74) is -0.478. The minimum absolute atomic E-state index is 0.0903. The van der Waals surface area contributed by atoms with Crippen molar-refractivity contribution in [2.24, 2.45) is 0 Å². The first-order valence-corrected chi connectivity index (χ1v) is 9.11. The van der Waals surface area contributed by atoms with E-state index in [0.717, 1.165) is 4.90 Å². The largest absolute Gasteiger partial charge is 0.321 e. The molecule has 2 aromatic carbocycles. The molecule has 0 radical (unpaired) electrons. The van der Waals surface area contributed by atoms with E-state index in [2.05, 4.69) is 0 Å². The van der Waals surface area contributed by atoms with E-state index >= 15 is 0 Å². The molecule has 3 amide bonds. The lowest BCUT2D eigenvalue weighted by atomic mass is 9.99. The molecule has 0 spiro atoms. The summed E-state index contributed by atoms with van der Waals surface area (Å²) >= 11 is 0. The second-order valence-electron chi connectivity index (χ2n) is 7.78. The van der Waals surface area contributed by atoms with Gasteiger partial charge in [0.25, 0.3) is 17.5 Å². The van der Waals surface area contributed by atoms with E-state index in [1.165, 1.54) is 29.2 Å². The number of carbonyl (C=O) groups is 3. The zero-order valence-electron chi connectivity index (χ0n) is 16.4. The quantitative estimate of drug-likeness (QED) is 0.450. The minimum Gasteiger partial charge on any atom is -0.321 e. The Morgan fingerprint density at radius 3 is 2.34 bits per heavy atom. The monoisotopic (exact) mass is 395 g/mol. The van der Waals surface area contributed by atoms with Crippen molar-refractivity contribution in [2.45, 2.75) is 38.8 Å². The molecular weight excluding hydrogens is 374 g/mol. The molecule has 8 nitrogen and oxygen atoms in total. The summed E-state index contributed by atoms with van der Waals surface area (Å²) in [5, 5.41) is 11.1. The fourth-order valence-corrected chi connectivity index (χ4v) is 3.47. The highest BCUT2D eigenvalue weighted by Crippen LogP contribution is 2.31. The van der Waals surface area contributed by atoms with Gasteiger partial charge >= 0.3 is 0 Å². The van der Waals surface area contributed by atoms with Gasteiger partial charge in [0.1, 0.15) is 6.04 Å². The van der Waals surface area contributed by atoms with Gasteiger partial charge in [0.05, 0.1) is 17.0 Å². The van der Waals surface area contributed by atoms with Crippen molar-refractivity contribution in [1.29, 1.82) is 0 Å². The van der Waals surface area contributed by atoms with Crippen LogP contribution in [0.3, 0.4) is 0 Å². The zero-order chi connectivity index (χ0) is 21.3. The summed E-state index contributed by atoms with van der Waals surface area (Å²) in [6.07, 6.45) is -0.147. The van der Waals surface area contributed by atoms with E-state index in [1.807, 2.05) is 0 Å². The Balaban J connectivity index is 1.99. The van der Waals surface area contributed by atoms with Crippen LogP contribution in [0, 0.1) is 10.1 Å². The molecule has 0 aliphatic carbocycles. The molecular formula is C21H21N3O5. The van der Waals surface area contributed by atoms with E-state index in [0.29, 0.717) is 5.69 Å². The van der Waals surface area contributed by atoms with Gasteiger partial charge in [-0.25, -0.2) is 4.90 Å². The first-order valence-electron chi connectivity index (χ1n) is 9.11. The number of anilines is 1. The van der Waals surface area contributed by atoms with Crippen molar-refractivity contribution in [2.75, 3.05) is 4.90 Å². The van der Waals surface area contributed by atoms with Crippen LogP contribution in [-0.2, 0) is 9.59 Å². The minimum atomic E-state index is -0.991. The maximum absolute atomic E-state index is 13.3. The van der Waals surface area contributed by atoms with Crippen LogP contribution in [0.2, 0.25) is 0 Å². The molecule has 1 aliphatic rings. The van der Waals surface area contributed by atoms with Crippen LogP contribution in [0.4, 0.5) is 11.4 Å². The normalized spacial score (nSPS) is 16.8. The summed E-state index contributed by atoms with van der Waals surface area (Å²) in [6, 6.07) is 12.9. The smallest absolute Gasteiger partial charge is 0.270 e. The highest BCUT2D eigenvalue weighted by molar-refractivity contribution is 6.23. The summed E-state index contributed by atoms with van der Waals surface area (Å²) < 4.78 is 0. The first-order chi connectivity index (χ1) is 13.6. The van der Waals surface area contributed by atoms with Crippen molar-refractivity contribution in [3.8, 4) is 0 Å². The van der Waals surface area contributed by atoms with Crippen LogP contribution in [0.15, 0.2) is 54.6 Å². The van der Waals surface area contributed by atoms with E-state index in [9.17, 15) is 24.5 Å². The van der Waals surface area contributed by atoms with E-state index in [1.54, 1.807) is 51.1 Å². The number of non-ortho nitro benzene ring substituents is 1. The molecule has 0 aromatic heterocycles. The third kappa shape index (κ3) is 3.87. The molecule has 8 heteroatoms. The van der Waals surface area contributed by atoms with Crippen LogP contribution in [0.1, 0.15) is 37.6 Å². The number of benzene rings is 2. The summed E-state index contributed by atoms with van der Waals surface area (Å²) in [4.78, 5) is 51.9. The number of amides is 3. The van der Waals surface area contributed by atoms with Crippen molar-refractivity contribution in [1.82, 2.24) is 4.90 Å². The van der Waals surface area contributed by atoms with Gasteiger partial charge in [-0.1, -0.05) is 24.3 Å². The Hall–Kier alpha value is -3.55. The van der Waals surface area contributed by atoms with Crippen LogP contribution < -0.4 is 4.90 Å². The number of carbonyl (C=O) groups excluding carboxylic acids is 3. The third-order valence-corrected chi connectivity index (χ3v) is 4.69. The zero-order valence-corrected chi connectivity index (χ0v) is 16.4. The molecule has 0 N–H and O–H groups in total. The Morgan fingerprint density at radius 2 is 1.76 bits per heavy atom. The number of hydrogen-bond acceptors (Lipinski definition) is 5. The van der Waals surface area contributed by atoms with Gasteiger partial charge in [0, 0.05) is 23.2 Å². The van der Waals surface area contributed by atoms with Gasteiger partial charge in [-0.05, 0) is 39.0 Å². The lowest BCUT2D eigenvalue weighted by Gasteiger charge is -2.39. The van der Waals surface area contributed by atoms with Gasteiger partial charge < -0.3 is 4.90 Å². The number of para-hydroxylation sites is 1. The topological polar surface area (TPSA) is 101 Å². The SMILES string of the molecule is CC(C)(C)N(C(=O)c1cccc([N+](=O)[O-])c1)C1CC(=O)N(c2ccccc2)C1=O. The second-order valence-corrected chi connectivity index (χ2v) is 7.78. The number of nitro groups is 1. The predicted molar refractivity (Wildman–Crippen MR) is 106 cm³/mol. The lowest BCUT2D eigenvalue weighted by molar-refractivity contribution is -0.384. The van der Waals surface area contributed by atoms with E-state index < -0.39 is 34.2 Å². The Kier molecular flexibility index (Phi) is 5.19. The fraction of sp³-hybridized carbons (Fsp3) is 0.286. The highest BCUT2D eigenvalue weighted by atomic mass is 16.6. The van der Waals surface area contributed by atoms with Crippen molar-refractivity contribution in [3.05, 3.63) is 70.3 Å². The molecule has 2 aromatic rings. The Morgan fingerprint density at radius 1 is 1.10 bits per heavy atom. The summed E-state index contributed by atoms with van der Waals surface area (Å²) in [5.74, 6) is -1.43. The van der Waals surface area contributed by atoms with Crippen molar-refractivity contribution < 1.29 is 19.3 Å². The molecule has 1 unspecified atom stereocenters. The van der Waals surface area contributed by atoms with Crippen LogP contribution in [-0.4, -0.2) is 39.1 Å². The lowest BCUT2D eigenvalue weighted by Crippen LogP contribution is -2.54. The number of rotatable bonds is 4. The van der Waals surface area contributed by atoms with Gasteiger partial charge in [-0.3, -0.25) is 24.5 Å². The van der Waals surface area contributed by atoms with E-state index in [-0.39, 0.29) is 17.7 Å². The maximum atomic E-state index is 13.3. The van der Waals surface area contributed by atoms with Crippen LogP contribution in [0.5, 0.6) is 0 Å². The van der Waals surface area contributed by atoms with Crippen LogP contribution >= 0.6 is 0 Å². The average molecular weight is 395 g/mol. The standard InChI is InChI=1S/C21H21N3O5/c1-21(2,3)23(19(26)14-8-7-11-16(12-14)24(28)29)17-13-18(25)22(20(17)27)15-9-5-4-6-10-15/h4-12,17H,13H2,1-3H3. The summed E-state index contributed by atoms with van der Waals surface area (Å²) in [7, 11) is 0. The third-order valence-electron chi connectivity index (χ3n) is 4.69. The molecule has 3 rings (SSSR count). The fourth-order valence-electron chi connectivity index (χ4n) is 3.47. The number of nitro benzene ring substituents is 1. The van der Waals surface area contributed by atoms with Gasteiger partial charge in [0.2, 0.25) is 5.91 Å². The Labute approximate surface area is 167 Å². The molecule has 1 heterocycles. The van der Waals surface area contributed by atoms with Gasteiger partial charge in [-0.2, -0.15) is 0 Å². The van der Waals surface area contributed by atoms with Crippen molar-refractivity contribution in [3.63, 3.8) is 0 Å². The second kappa shape index (κ2) is 7.46. The predicted octanol–water partition coefficient (Wildman–Crippen LogP) is 3.17. The molecule has 0 bridgehead atoms. The molecule has 29 heavy (non-hydrogen) atoms. The highest BCUT2D eigenvalue weighted by Gasteiger charge is 2.47. The van der Waals surface area contributed by atoms with Gasteiger partial charge in [0.15, 0.2) is 0 Å². The molecule has 0 saturated carbocycles. The molecule has 150 valence electrons. The molecule has 1 saturated heterocycles. The molecule has 1 atom stereocenters. The number of imide groups is 1. The first kappa shape index (κ1) is 20.2. The van der Waals surface area contributed by atoms with Gasteiger partial charge in [-0.15, -0.1) is 0 Å². The maximum Gasteiger partial charge on any atom is 0.270 e. The molecule has 1 fully saturated rings. The Bertz CT molecular complexity index is 981. The van der Waals surface area contributed by atoms with Crippen LogP contribution in [0.25, 0.3) is 0 Å².